The molecule has 134 valence electrons. The highest BCUT2D eigenvalue weighted by Gasteiger charge is 2.30. The zero-order chi connectivity index (χ0) is 17.7. The average molecular weight is 356 g/mol. The summed E-state index contributed by atoms with van der Waals surface area (Å²) in [4.78, 5) is 13.4. The highest BCUT2D eigenvalue weighted by molar-refractivity contribution is 7.89. The molecule has 0 N–H and O–H groups in total. The Bertz CT molecular complexity index is 650. The molecule has 0 unspecified atom stereocenters. The van der Waals surface area contributed by atoms with Crippen LogP contribution in [0.4, 0.5) is 4.79 Å². The van der Waals surface area contributed by atoms with Crippen molar-refractivity contribution in [3.8, 4) is 5.75 Å². The molecule has 0 spiro atoms. The van der Waals surface area contributed by atoms with Crippen molar-refractivity contribution in [2.45, 2.75) is 31.8 Å². The summed E-state index contributed by atoms with van der Waals surface area (Å²) in [7, 11) is -3.57. The van der Waals surface area contributed by atoms with Gasteiger partial charge < -0.3 is 14.4 Å². The molecule has 0 radical (unpaired) electrons. The van der Waals surface area contributed by atoms with Crippen LogP contribution in [0.3, 0.4) is 0 Å². The van der Waals surface area contributed by atoms with Gasteiger partial charge in [0.2, 0.25) is 10.0 Å². The highest BCUT2D eigenvalue weighted by atomic mass is 32.2. The predicted molar refractivity (Wildman–Crippen MR) is 89.6 cm³/mol. The first-order valence-corrected chi connectivity index (χ1v) is 9.47. The Hall–Kier alpha value is -1.80. The van der Waals surface area contributed by atoms with Crippen molar-refractivity contribution in [1.29, 1.82) is 0 Å². The zero-order valence-electron chi connectivity index (χ0n) is 14.3. The lowest BCUT2D eigenvalue weighted by Gasteiger charge is -2.33. The highest BCUT2D eigenvalue weighted by Crippen LogP contribution is 2.21. The summed E-state index contributed by atoms with van der Waals surface area (Å²) in [5, 5.41) is 0. The van der Waals surface area contributed by atoms with Crippen LogP contribution in [0.15, 0.2) is 29.2 Å². The molecule has 1 saturated heterocycles. The second kappa shape index (κ2) is 7.85. The second-order valence-corrected chi connectivity index (χ2v) is 7.67. The third kappa shape index (κ3) is 4.39. The van der Waals surface area contributed by atoms with Gasteiger partial charge in [-0.2, -0.15) is 4.31 Å². The van der Waals surface area contributed by atoms with Gasteiger partial charge in [0.05, 0.1) is 17.6 Å². The van der Waals surface area contributed by atoms with Gasteiger partial charge in [0.25, 0.3) is 0 Å². The standard InChI is InChI=1S/C16H24N2O5S/c1-4-22-16(19)17-9-11-18(12-10-17)24(20,21)15-7-5-14(6-8-15)23-13(2)3/h5-8,13H,4,9-12H2,1-3H3. The van der Waals surface area contributed by atoms with E-state index in [2.05, 4.69) is 0 Å². The molecule has 2 rings (SSSR count). The summed E-state index contributed by atoms with van der Waals surface area (Å²) < 4.78 is 37.2. The van der Waals surface area contributed by atoms with Crippen LogP contribution in [-0.2, 0) is 14.8 Å². The molecule has 24 heavy (non-hydrogen) atoms. The van der Waals surface area contributed by atoms with Crippen LogP contribution in [0.2, 0.25) is 0 Å². The molecule has 8 heteroatoms. The maximum Gasteiger partial charge on any atom is 0.409 e. The molecule has 0 atom stereocenters. The lowest BCUT2D eigenvalue weighted by Crippen LogP contribution is -2.50. The molecule has 1 fully saturated rings. The minimum absolute atomic E-state index is 0.0309. The number of rotatable bonds is 5. The fourth-order valence-corrected chi connectivity index (χ4v) is 3.86. The Morgan fingerprint density at radius 3 is 2.21 bits per heavy atom. The monoisotopic (exact) mass is 356 g/mol. The normalized spacial score (nSPS) is 16.2. The lowest BCUT2D eigenvalue weighted by atomic mass is 10.3. The van der Waals surface area contributed by atoms with E-state index in [1.165, 1.54) is 9.21 Å². The molecule has 1 aliphatic rings. The Labute approximate surface area is 143 Å². The fourth-order valence-electron chi connectivity index (χ4n) is 2.44. The second-order valence-electron chi connectivity index (χ2n) is 5.73. The van der Waals surface area contributed by atoms with Crippen LogP contribution in [-0.4, -0.2) is 62.6 Å². The number of hydrogen-bond donors (Lipinski definition) is 0. The summed E-state index contributed by atoms with van der Waals surface area (Å²) in [6.45, 7) is 7.03. The quantitative estimate of drug-likeness (QED) is 0.806. The van der Waals surface area contributed by atoms with Crippen molar-refractivity contribution in [2.75, 3.05) is 32.8 Å². The number of hydrogen-bond acceptors (Lipinski definition) is 5. The van der Waals surface area contributed by atoms with E-state index in [0.29, 0.717) is 25.4 Å². The maximum atomic E-state index is 12.7. The van der Waals surface area contributed by atoms with Crippen molar-refractivity contribution in [3.05, 3.63) is 24.3 Å². The van der Waals surface area contributed by atoms with Gasteiger partial charge in [-0.3, -0.25) is 0 Å². The van der Waals surface area contributed by atoms with E-state index in [4.69, 9.17) is 9.47 Å². The van der Waals surface area contributed by atoms with Crippen LogP contribution in [0.1, 0.15) is 20.8 Å². The number of carbonyl (C=O) groups is 1. The van der Waals surface area contributed by atoms with E-state index < -0.39 is 16.1 Å². The molecule has 1 aromatic rings. The lowest BCUT2D eigenvalue weighted by molar-refractivity contribution is 0.0934. The van der Waals surface area contributed by atoms with Gasteiger partial charge in [-0.15, -0.1) is 0 Å². The van der Waals surface area contributed by atoms with Gasteiger partial charge in [-0.1, -0.05) is 0 Å². The van der Waals surface area contributed by atoms with E-state index in [1.54, 1.807) is 31.2 Å². The van der Waals surface area contributed by atoms with E-state index in [-0.39, 0.29) is 24.1 Å². The Morgan fingerprint density at radius 2 is 1.71 bits per heavy atom. The van der Waals surface area contributed by atoms with E-state index >= 15 is 0 Å². The van der Waals surface area contributed by atoms with Gasteiger partial charge in [0.15, 0.2) is 0 Å². The number of ether oxygens (including phenoxy) is 2. The first kappa shape index (κ1) is 18.5. The van der Waals surface area contributed by atoms with Crippen LogP contribution in [0.25, 0.3) is 0 Å². The molecule has 1 heterocycles. The summed E-state index contributed by atoms with van der Waals surface area (Å²) in [5.41, 5.74) is 0. The minimum Gasteiger partial charge on any atom is -0.491 e. The molecule has 7 nitrogen and oxygen atoms in total. The minimum atomic E-state index is -3.57. The number of amides is 1. The molecule has 1 amide bonds. The van der Waals surface area contributed by atoms with Gasteiger partial charge >= 0.3 is 6.09 Å². The third-order valence-corrected chi connectivity index (χ3v) is 5.51. The van der Waals surface area contributed by atoms with Crippen molar-refractivity contribution in [3.63, 3.8) is 0 Å². The average Bonchev–Trinajstić information content (AvgIpc) is 2.55. The zero-order valence-corrected chi connectivity index (χ0v) is 15.1. The Kier molecular flexibility index (Phi) is 6.06. The number of piperazine rings is 1. The number of nitrogens with zero attached hydrogens (tertiary/aromatic N) is 2. The molecule has 0 saturated carbocycles. The molecule has 1 aliphatic heterocycles. The van der Waals surface area contributed by atoms with Crippen molar-refractivity contribution in [2.24, 2.45) is 0 Å². The summed E-state index contributed by atoms with van der Waals surface area (Å²) in [6.07, 6.45) is -0.367. The maximum absolute atomic E-state index is 12.7. The Balaban J connectivity index is 2.02. The molecular formula is C16H24N2O5S. The van der Waals surface area contributed by atoms with Crippen molar-refractivity contribution in [1.82, 2.24) is 9.21 Å². The van der Waals surface area contributed by atoms with Crippen LogP contribution in [0, 0.1) is 0 Å². The topological polar surface area (TPSA) is 76.2 Å². The van der Waals surface area contributed by atoms with E-state index in [0.717, 1.165) is 0 Å². The Morgan fingerprint density at radius 1 is 1.12 bits per heavy atom. The molecular weight excluding hydrogens is 332 g/mol. The third-order valence-electron chi connectivity index (χ3n) is 3.60. The predicted octanol–water partition coefficient (Wildman–Crippen LogP) is 1.94. The number of carbonyl (C=O) groups excluding carboxylic acids is 1. The smallest absolute Gasteiger partial charge is 0.409 e. The van der Waals surface area contributed by atoms with E-state index in [9.17, 15) is 13.2 Å². The molecule has 0 aliphatic carbocycles. The number of benzene rings is 1. The van der Waals surface area contributed by atoms with Crippen LogP contribution < -0.4 is 4.74 Å². The van der Waals surface area contributed by atoms with Gasteiger partial charge in [0.1, 0.15) is 5.75 Å². The van der Waals surface area contributed by atoms with Crippen molar-refractivity contribution >= 4 is 16.1 Å². The number of sulfonamides is 1. The largest absolute Gasteiger partial charge is 0.491 e. The first-order valence-electron chi connectivity index (χ1n) is 8.03. The van der Waals surface area contributed by atoms with Crippen LogP contribution in [0.5, 0.6) is 5.75 Å². The summed E-state index contributed by atoms with van der Waals surface area (Å²) >= 11 is 0. The van der Waals surface area contributed by atoms with Gasteiger partial charge in [-0.25, -0.2) is 13.2 Å². The van der Waals surface area contributed by atoms with Crippen molar-refractivity contribution < 1.29 is 22.7 Å². The van der Waals surface area contributed by atoms with Gasteiger partial charge in [-0.05, 0) is 45.0 Å². The molecule has 0 bridgehead atoms. The summed E-state index contributed by atoms with van der Waals surface area (Å²) in [5.74, 6) is 0.635. The van der Waals surface area contributed by atoms with Gasteiger partial charge in [0, 0.05) is 26.2 Å². The fraction of sp³-hybridized carbons (Fsp3) is 0.562. The SMILES string of the molecule is CCOC(=O)N1CCN(S(=O)(=O)c2ccc(OC(C)C)cc2)CC1. The molecule has 1 aromatic carbocycles. The van der Waals surface area contributed by atoms with E-state index in [1.807, 2.05) is 13.8 Å². The van der Waals surface area contributed by atoms with Crippen LogP contribution >= 0.6 is 0 Å². The molecule has 0 aromatic heterocycles. The summed E-state index contributed by atoms with van der Waals surface area (Å²) in [6, 6.07) is 6.40. The first-order chi connectivity index (χ1) is 11.3.